The molecule has 0 bridgehead atoms. The molecule has 0 saturated carbocycles. The minimum absolute atomic E-state index is 0.381. The number of hydrogen-bond acceptors (Lipinski definition) is 4. The quantitative estimate of drug-likeness (QED) is 0.770. The van der Waals surface area contributed by atoms with E-state index in [1.807, 2.05) is 6.07 Å². The monoisotopic (exact) mass is 370 g/mol. The first-order valence-electron chi connectivity index (χ1n) is 6.44. The van der Waals surface area contributed by atoms with E-state index in [9.17, 15) is 4.79 Å². The van der Waals surface area contributed by atoms with Gasteiger partial charge in [0.2, 0.25) is 0 Å². The number of halogens is 2. The Hall–Kier alpha value is -1.37. The van der Waals surface area contributed by atoms with Crippen molar-refractivity contribution in [1.82, 2.24) is 9.88 Å². The lowest BCUT2D eigenvalue weighted by atomic mass is 10.2. The number of carbonyl (C=O) groups excluding carboxylic acids is 1. The molecule has 0 spiro atoms. The molecule has 2 heterocycles. The number of benzene rings is 1. The number of rotatable bonds is 1. The Morgan fingerprint density at radius 1 is 1.43 bits per heavy atom. The van der Waals surface area contributed by atoms with Crippen LogP contribution in [0, 0.1) is 0 Å². The SMILES string of the molecule is O=C(Oc1c(Br)cc(Cl)c2cccnc12)N1CCOCC1. The van der Waals surface area contributed by atoms with Crippen LogP contribution < -0.4 is 4.74 Å². The Morgan fingerprint density at radius 3 is 2.95 bits per heavy atom. The van der Waals surface area contributed by atoms with Gasteiger partial charge in [0, 0.05) is 24.7 Å². The summed E-state index contributed by atoms with van der Waals surface area (Å²) < 4.78 is 11.3. The van der Waals surface area contributed by atoms with Gasteiger partial charge in [0.05, 0.1) is 22.7 Å². The highest BCUT2D eigenvalue weighted by atomic mass is 79.9. The second kappa shape index (κ2) is 6.17. The van der Waals surface area contributed by atoms with Crippen molar-refractivity contribution in [2.75, 3.05) is 26.3 Å². The van der Waals surface area contributed by atoms with Crippen LogP contribution >= 0.6 is 27.5 Å². The van der Waals surface area contributed by atoms with Crippen LogP contribution in [0.3, 0.4) is 0 Å². The van der Waals surface area contributed by atoms with Crippen molar-refractivity contribution in [3.8, 4) is 5.75 Å². The molecule has 1 aromatic heterocycles. The van der Waals surface area contributed by atoms with E-state index in [0.29, 0.717) is 47.1 Å². The first-order valence-corrected chi connectivity index (χ1v) is 7.61. The lowest BCUT2D eigenvalue weighted by Gasteiger charge is -2.26. The highest BCUT2D eigenvalue weighted by molar-refractivity contribution is 9.10. The molecule has 0 atom stereocenters. The second-order valence-corrected chi connectivity index (χ2v) is 5.80. The highest BCUT2D eigenvalue weighted by Crippen LogP contribution is 2.37. The van der Waals surface area contributed by atoms with Crippen molar-refractivity contribution in [1.29, 1.82) is 0 Å². The summed E-state index contributed by atoms with van der Waals surface area (Å²) in [5, 5.41) is 1.29. The number of nitrogens with zero attached hydrogens (tertiary/aromatic N) is 2. The standard InChI is InChI=1S/C14H12BrClN2O3/c15-10-8-11(16)9-2-1-3-17-12(9)13(10)21-14(19)18-4-6-20-7-5-18/h1-3,8H,4-7H2. The van der Waals surface area contributed by atoms with Crippen LogP contribution in [0.1, 0.15) is 0 Å². The van der Waals surface area contributed by atoms with Gasteiger partial charge in [-0.05, 0) is 34.1 Å². The molecule has 3 rings (SSSR count). The maximum atomic E-state index is 12.2. The fraction of sp³-hybridized carbons (Fsp3) is 0.286. The highest BCUT2D eigenvalue weighted by Gasteiger charge is 2.22. The maximum absolute atomic E-state index is 12.2. The maximum Gasteiger partial charge on any atom is 0.415 e. The number of ether oxygens (including phenoxy) is 2. The molecule has 110 valence electrons. The Labute approximate surface area is 134 Å². The van der Waals surface area contributed by atoms with Gasteiger partial charge in [-0.15, -0.1) is 0 Å². The van der Waals surface area contributed by atoms with Crippen molar-refractivity contribution in [2.24, 2.45) is 0 Å². The third-order valence-corrected chi connectivity index (χ3v) is 4.11. The predicted molar refractivity (Wildman–Crippen MR) is 82.9 cm³/mol. The zero-order valence-corrected chi connectivity index (χ0v) is 13.4. The molecule has 5 nitrogen and oxygen atoms in total. The molecule has 1 saturated heterocycles. The molecular weight excluding hydrogens is 360 g/mol. The summed E-state index contributed by atoms with van der Waals surface area (Å²) in [6.07, 6.45) is 1.23. The van der Waals surface area contributed by atoms with E-state index < -0.39 is 6.09 Å². The Bertz CT molecular complexity index is 689. The molecule has 0 N–H and O–H groups in total. The zero-order chi connectivity index (χ0) is 14.8. The molecule has 0 unspecified atom stereocenters. The van der Waals surface area contributed by atoms with Gasteiger partial charge in [-0.25, -0.2) is 4.79 Å². The van der Waals surface area contributed by atoms with Crippen LogP contribution in [0.2, 0.25) is 5.02 Å². The van der Waals surface area contributed by atoms with E-state index in [1.165, 1.54) is 0 Å². The first-order chi connectivity index (χ1) is 10.2. The van der Waals surface area contributed by atoms with Crippen molar-refractivity contribution in [3.63, 3.8) is 0 Å². The number of fused-ring (bicyclic) bond motifs is 1. The Balaban J connectivity index is 1.94. The molecule has 21 heavy (non-hydrogen) atoms. The summed E-state index contributed by atoms with van der Waals surface area (Å²) in [5.41, 5.74) is 0.554. The first kappa shape index (κ1) is 14.6. The minimum Gasteiger partial charge on any atom is -0.407 e. The Kier molecular flexibility index (Phi) is 4.28. The van der Waals surface area contributed by atoms with Crippen molar-refractivity contribution in [2.45, 2.75) is 0 Å². The predicted octanol–water partition coefficient (Wildman–Crippen LogP) is 3.48. The summed E-state index contributed by atoms with van der Waals surface area (Å²) in [4.78, 5) is 18.1. The van der Waals surface area contributed by atoms with E-state index in [1.54, 1.807) is 23.2 Å². The molecular formula is C14H12BrClN2O3. The molecule has 1 aliphatic rings. The van der Waals surface area contributed by atoms with Gasteiger partial charge >= 0.3 is 6.09 Å². The van der Waals surface area contributed by atoms with Gasteiger partial charge in [0.25, 0.3) is 0 Å². The second-order valence-electron chi connectivity index (χ2n) is 4.54. The van der Waals surface area contributed by atoms with E-state index >= 15 is 0 Å². The lowest BCUT2D eigenvalue weighted by molar-refractivity contribution is 0.0416. The number of morpholine rings is 1. The third kappa shape index (κ3) is 2.97. The fourth-order valence-corrected chi connectivity index (χ4v) is 3.03. The molecule has 1 amide bonds. The number of pyridine rings is 1. The van der Waals surface area contributed by atoms with Gasteiger partial charge in [0.1, 0.15) is 5.52 Å². The summed E-state index contributed by atoms with van der Waals surface area (Å²) in [6, 6.07) is 5.33. The van der Waals surface area contributed by atoms with E-state index in [0.717, 1.165) is 5.39 Å². The molecule has 1 fully saturated rings. The van der Waals surface area contributed by atoms with Gasteiger partial charge in [-0.3, -0.25) is 4.98 Å². The van der Waals surface area contributed by atoms with E-state index in [4.69, 9.17) is 21.1 Å². The van der Waals surface area contributed by atoms with Crippen LogP contribution in [0.25, 0.3) is 10.9 Å². The minimum atomic E-state index is -0.409. The van der Waals surface area contributed by atoms with Gasteiger partial charge < -0.3 is 14.4 Å². The number of aromatic nitrogens is 1. The van der Waals surface area contributed by atoms with Gasteiger partial charge in [0.15, 0.2) is 5.75 Å². The molecule has 1 aliphatic heterocycles. The van der Waals surface area contributed by atoms with E-state index in [-0.39, 0.29) is 0 Å². The largest absolute Gasteiger partial charge is 0.415 e. The number of amides is 1. The summed E-state index contributed by atoms with van der Waals surface area (Å²) >= 11 is 9.56. The van der Waals surface area contributed by atoms with Crippen LogP contribution in [-0.2, 0) is 4.74 Å². The average molecular weight is 372 g/mol. The molecule has 1 aromatic carbocycles. The van der Waals surface area contributed by atoms with E-state index in [2.05, 4.69) is 20.9 Å². The fourth-order valence-electron chi connectivity index (χ4n) is 2.14. The van der Waals surface area contributed by atoms with Crippen molar-refractivity contribution >= 4 is 44.5 Å². The molecule has 0 radical (unpaired) electrons. The third-order valence-electron chi connectivity index (χ3n) is 3.21. The van der Waals surface area contributed by atoms with Crippen LogP contribution in [-0.4, -0.2) is 42.3 Å². The number of hydrogen-bond donors (Lipinski definition) is 0. The van der Waals surface area contributed by atoms with Gasteiger partial charge in [-0.2, -0.15) is 0 Å². The summed E-state index contributed by atoms with van der Waals surface area (Å²) in [5.74, 6) is 0.381. The van der Waals surface area contributed by atoms with Crippen molar-refractivity contribution in [3.05, 3.63) is 33.9 Å². The topological polar surface area (TPSA) is 51.7 Å². The summed E-state index contributed by atoms with van der Waals surface area (Å²) in [7, 11) is 0. The number of carbonyl (C=O) groups is 1. The molecule has 7 heteroatoms. The smallest absolute Gasteiger partial charge is 0.407 e. The van der Waals surface area contributed by atoms with Crippen LogP contribution in [0.5, 0.6) is 5.75 Å². The normalized spacial score (nSPS) is 15.2. The van der Waals surface area contributed by atoms with Crippen LogP contribution in [0.4, 0.5) is 4.79 Å². The molecule has 2 aromatic rings. The summed E-state index contributed by atoms with van der Waals surface area (Å²) in [6.45, 7) is 2.09. The molecule has 0 aliphatic carbocycles. The van der Waals surface area contributed by atoms with Gasteiger partial charge in [-0.1, -0.05) is 11.6 Å². The zero-order valence-electron chi connectivity index (χ0n) is 11.0. The van der Waals surface area contributed by atoms with Crippen LogP contribution in [0.15, 0.2) is 28.9 Å². The Morgan fingerprint density at radius 2 is 2.19 bits per heavy atom. The lowest BCUT2D eigenvalue weighted by Crippen LogP contribution is -2.42. The average Bonchev–Trinajstić information content (AvgIpc) is 2.52. The van der Waals surface area contributed by atoms with Crippen molar-refractivity contribution < 1.29 is 14.3 Å².